The first kappa shape index (κ1) is 71.6. The van der Waals surface area contributed by atoms with Crippen LogP contribution in [0.5, 0.6) is 28.7 Å². The van der Waals surface area contributed by atoms with Crippen LogP contribution in [0.25, 0.3) is 137 Å². The Morgan fingerprint density at radius 3 is 0.972 bits per heavy atom. The molecule has 18 heteroatoms. The van der Waals surface area contributed by atoms with Crippen LogP contribution in [0.1, 0.15) is 109 Å². The molecule has 18 nitrogen and oxygen atoms in total. The zero-order valence-corrected chi connectivity index (χ0v) is 62.0. The predicted octanol–water partition coefficient (Wildman–Crippen LogP) is 20.3. The predicted molar refractivity (Wildman–Crippen MR) is 430 cm³/mol. The third-order valence-corrected chi connectivity index (χ3v) is 20.5. The Hall–Kier alpha value is -13.0. The molecule has 10 aromatic carbocycles. The highest BCUT2D eigenvalue weighted by atomic mass is 16.5. The molecule has 0 spiro atoms. The van der Waals surface area contributed by atoms with Gasteiger partial charge in [-0.2, -0.15) is 0 Å². The maximum absolute atomic E-state index is 11.3. The van der Waals surface area contributed by atoms with Gasteiger partial charge in [0.05, 0.1) is 29.4 Å². The standard InChI is InChI=1S/C51H51N7O2.C40H32N6O3/c1-32-20-26-42(44(59)28-32)50-54-46(52-48(56-50)39-18-10-16-37(29-39)33-12-6-4-7-13-33)35-21-23-36(24-22-35)47-53-49(40-19-11-17-38(30-40)34-14-8-5-9-15-34)57-51(55-47)43-27-25-41(58(2)3)31-45(43)60;1-23-11-13-26(14-12-23)35-41-36(44-39(43-35)33-24(2)7-5-9-31(33)47)27-15-17-28(18-16-27)37-42-38(29-19-21-30(49-4)22-20-29)46-40(45-37)34-25(3)8-6-10-32(34)48/h10-11,16-31,33-34,59-60H,4-9,12-15H2,1-3H3;5-22,47-48H,1-4H3. The van der Waals surface area contributed by atoms with Gasteiger partial charge in [-0.3, -0.25) is 0 Å². The summed E-state index contributed by atoms with van der Waals surface area (Å²) in [7, 11) is 5.50. The molecule has 2 aliphatic rings. The summed E-state index contributed by atoms with van der Waals surface area (Å²) in [6.45, 7) is 7.80. The van der Waals surface area contributed by atoms with E-state index in [0.717, 1.165) is 78.2 Å². The van der Waals surface area contributed by atoms with Crippen molar-refractivity contribution in [2.45, 2.75) is 104 Å². The molecule has 0 saturated heterocycles. The first-order valence-corrected chi connectivity index (χ1v) is 37.1. The van der Waals surface area contributed by atoms with Gasteiger partial charge in [0.15, 0.2) is 69.9 Å². The van der Waals surface area contributed by atoms with Crippen LogP contribution < -0.4 is 9.64 Å². The zero-order chi connectivity index (χ0) is 75.2. The third kappa shape index (κ3) is 16.0. The first-order valence-electron chi connectivity index (χ1n) is 37.1. The Kier molecular flexibility index (Phi) is 20.8. The van der Waals surface area contributed by atoms with Crippen molar-refractivity contribution in [2.75, 3.05) is 26.1 Å². The molecule has 0 atom stereocenters. The van der Waals surface area contributed by atoms with E-state index in [1.165, 1.54) is 75.3 Å². The molecule has 0 unspecified atom stereocenters. The number of aromatic hydroxyl groups is 4. The molecule has 0 radical (unpaired) electrons. The van der Waals surface area contributed by atoms with Crippen LogP contribution >= 0.6 is 0 Å². The van der Waals surface area contributed by atoms with E-state index < -0.39 is 0 Å². The average Bonchev–Trinajstić information content (AvgIpc) is 0.776. The van der Waals surface area contributed by atoms with Gasteiger partial charge in [0.2, 0.25) is 0 Å². The van der Waals surface area contributed by atoms with Gasteiger partial charge < -0.3 is 30.1 Å². The van der Waals surface area contributed by atoms with Gasteiger partial charge in [0.25, 0.3) is 0 Å². The highest BCUT2D eigenvalue weighted by Gasteiger charge is 2.25. The zero-order valence-electron chi connectivity index (χ0n) is 62.0. The lowest BCUT2D eigenvalue weighted by molar-refractivity contribution is 0.415. The van der Waals surface area contributed by atoms with E-state index >= 15 is 0 Å². The SMILES string of the molecule is COc1ccc(-c2nc(-c3ccc(-c4nc(-c5ccc(C)cc5)nc(-c5c(C)cccc5O)n4)cc3)nc(-c3c(C)cccc3O)n2)cc1.Cc1ccc(-c2nc(-c3ccc(-c4nc(-c5cccc(C6CCCCC6)c5)nc(-c5ccc(N(C)C)cc5O)n4)cc3)nc(-c3cccc(C4CCCCC4)c3)n2)c(O)c1. The third-order valence-electron chi connectivity index (χ3n) is 20.5. The summed E-state index contributed by atoms with van der Waals surface area (Å²) in [5.74, 6) is 7.65. The van der Waals surface area contributed by atoms with Crippen molar-refractivity contribution in [1.29, 1.82) is 0 Å². The van der Waals surface area contributed by atoms with Crippen molar-refractivity contribution < 1.29 is 25.2 Å². The maximum Gasteiger partial charge on any atom is 0.168 e. The fraction of sp³-hybridized carbons (Fsp3) is 0.209. The molecule has 542 valence electrons. The molecule has 2 aliphatic carbocycles. The second kappa shape index (κ2) is 31.6. The summed E-state index contributed by atoms with van der Waals surface area (Å²) in [4.78, 5) is 60.7. The minimum absolute atomic E-state index is 0.0860. The van der Waals surface area contributed by atoms with Crippen LogP contribution in [0.15, 0.2) is 218 Å². The maximum atomic E-state index is 11.3. The smallest absolute Gasteiger partial charge is 0.168 e. The number of hydrogen-bond donors (Lipinski definition) is 4. The molecule has 109 heavy (non-hydrogen) atoms. The van der Waals surface area contributed by atoms with Crippen molar-refractivity contribution in [1.82, 2.24) is 59.8 Å². The highest BCUT2D eigenvalue weighted by molar-refractivity contribution is 5.78. The van der Waals surface area contributed by atoms with Crippen molar-refractivity contribution >= 4 is 5.69 Å². The molecule has 0 aliphatic heterocycles. The molecular weight excluding hydrogens is 1360 g/mol. The Morgan fingerprint density at radius 2 is 0.615 bits per heavy atom. The molecule has 14 aromatic rings. The summed E-state index contributed by atoms with van der Waals surface area (Å²) in [5, 5.41) is 43.9. The van der Waals surface area contributed by atoms with E-state index in [4.69, 9.17) is 64.5 Å². The number of methoxy groups -OCH3 is 1. The molecule has 4 heterocycles. The minimum Gasteiger partial charge on any atom is -0.507 e. The number of phenols is 4. The quantitative estimate of drug-likeness (QED) is 0.0702. The van der Waals surface area contributed by atoms with Gasteiger partial charge in [-0.05, 0) is 166 Å². The average molecular weight is 1440 g/mol. The van der Waals surface area contributed by atoms with Crippen LogP contribution in [0, 0.1) is 27.7 Å². The van der Waals surface area contributed by atoms with Gasteiger partial charge in [-0.15, -0.1) is 0 Å². The molecular formula is C91H83N13O5. The lowest BCUT2D eigenvalue weighted by atomic mass is 9.83. The Bertz CT molecular complexity index is 5610. The summed E-state index contributed by atoms with van der Waals surface area (Å²) >= 11 is 0. The number of rotatable bonds is 16. The van der Waals surface area contributed by atoms with Crippen molar-refractivity contribution in [3.8, 4) is 165 Å². The molecule has 2 fully saturated rings. The second-order valence-electron chi connectivity index (χ2n) is 28.4. The first-order chi connectivity index (χ1) is 53.0. The number of benzene rings is 10. The van der Waals surface area contributed by atoms with E-state index in [-0.39, 0.29) is 23.0 Å². The number of aromatic nitrogens is 12. The number of anilines is 1. The van der Waals surface area contributed by atoms with Crippen LogP contribution in [0.3, 0.4) is 0 Å². The van der Waals surface area contributed by atoms with Gasteiger partial charge in [0.1, 0.15) is 28.7 Å². The fourth-order valence-electron chi connectivity index (χ4n) is 14.4. The minimum atomic E-state index is 0.0860. The van der Waals surface area contributed by atoms with Crippen LogP contribution in [-0.2, 0) is 0 Å². The lowest BCUT2D eigenvalue weighted by Gasteiger charge is -2.22. The van der Waals surface area contributed by atoms with Crippen LogP contribution in [-0.4, -0.2) is 101 Å². The molecule has 4 N–H and O–H groups in total. The fourth-order valence-corrected chi connectivity index (χ4v) is 14.4. The molecule has 2 saturated carbocycles. The molecule has 0 amide bonds. The number of aryl methyl sites for hydroxylation is 4. The summed E-state index contributed by atoms with van der Waals surface area (Å²) in [5.41, 5.74) is 15.9. The normalized spacial score (nSPS) is 13.2. The Balaban J connectivity index is 0.000000177. The van der Waals surface area contributed by atoms with Gasteiger partial charge in [-0.25, -0.2) is 59.8 Å². The van der Waals surface area contributed by atoms with E-state index in [1.807, 2.05) is 180 Å². The van der Waals surface area contributed by atoms with E-state index in [2.05, 4.69) is 48.5 Å². The number of nitrogens with zero attached hydrogens (tertiary/aromatic N) is 13. The van der Waals surface area contributed by atoms with Gasteiger partial charge in [0, 0.05) is 70.4 Å². The van der Waals surface area contributed by atoms with E-state index in [9.17, 15) is 20.4 Å². The molecule has 4 aromatic heterocycles. The summed E-state index contributed by atoms with van der Waals surface area (Å²) in [6, 6.07) is 69.9. The monoisotopic (exact) mass is 1440 g/mol. The van der Waals surface area contributed by atoms with Gasteiger partial charge >= 0.3 is 0 Å². The van der Waals surface area contributed by atoms with Crippen LogP contribution in [0.4, 0.5) is 5.69 Å². The second-order valence-corrected chi connectivity index (χ2v) is 28.4. The Morgan fingerprint density at radius 1 is 0.294 bits per heavy atom. The number of ether oxygens (including phenoxy) is 1. The molecule has 0 bridgehead atoms. The van der Waals surface area contributed by atoms with Gasteiger partial charge in [-0.1, -0.05) is 184 Å². The topological polar surface area (TPSA) is 248 Å². The number of hydrogen-bond acceptors (Lipinski definition) is 18. The largest absolute Gasteiger partial charge is 0.507 e. The summed E-state index contributed by atoms with van der Waals surface area (Å²) in [6.07, 6.45) is 12.4. The Labute approximate surface area is 634 Å². The van der Waals surface area contributed by atoms with Crippen molar-refractivity contribution in [3.63, 3.8) is 0 Å². The highest BCUT2D eigenvalue weighted by Crippen LogP contribution is 2.41. The van der Waals surface area contributed by atoms with E-state index in [1.54, 1.807) is 43.5 Å². The number of phenolic OH excluding ortho intramolecular Hbond substituents is 4. The van der Waals surface area contributed by atoms with Crippen molar-refractivity contribution in [3.05, 3.63) is 252 Å². The summed E-state index contributed by atoms with van der Waals surface area (Å²) < 4.78 is 5.34. The van der Waals surface area contributed by atoms with Crippen LogP contribution in [0.2, 0.25) is 0 Å². The van der Waals surface area contributed by atoms with Crippen molar-refractivity contribution in [2.24, 2.45) is 0 Å². The molecule has 16 rings (SSSR count). The lowest BCUT2D eigenvalue weighted by Crippen LogP contribution is -2.08. The van der Waals surface area contributed by atoms with E-state index in [0.29, 0.717) is 104 Å².